The van der Waals surface area contributed by atoms with E-state index in [1.54, 1.807) is 12.4 Å². The summed E-state index contributed by atoms with van der Waals surface area (Å²) in [5, 5.41) is 22.9. The van der Waals surface area contributed by atoms with Crippen LogP contribution in [0.3, 0.4) is 0 Å². The fourth-order valence-electron chi connectivity index (χ4n) is 3.79. The van der Waals surface area contributed by atoms with Crippen LogP contribution in [0.1, 0.15) is 39.5 Å². The second-order valence-electron chi connectivity index (χ2n) is 9.60. The number of aliphatic hydroxyl groups is 2. The zero-order valence-corrected chi connectivity index (χ0v) is 23.4. The standard InChI is InChI=1S/C16H21N3O2S.C13H19NO2/c1-12(2)19-10-13(20)11-21-15-16(18-9-8-17-15)22-14-6-4-3-5-7-14;1-10(2)14-8-12(9-15)16-13(14)11-6-4-3-5-7-11/h3-9,12-13,19-20H,10-11H2,1-2H3;3-7,10,12-13,15H,8-9H2,1-2H3. The number of hydrogen-bond acceptors (Lipinski definition) is 9. The number of nitrogens with one attached hydrogen (secondary N) is 1. The Kier molecular flexibility index (Phi) is 12.5. The van der Waals surface area contributed by atoms with Gasteiger partial charge in [-0.15, -0.1) is 0 Å². The maximum atomic E-state index is 9.90. The first-order valence-electron chi connectivity index (χ1n) is 13.0. The molecule has 9 heteroatoms. The van der Waals surface area contributed by atoms with Gasteiger partial charge in [-0.05, 0) is 31.5 Å². The van der Waals surface area contributed by atoms with E-state index >= 15 is 0 Å². The minimum absolute atomic E-state index is 0.0154. The van der Waals surface area contributed by atoms with Crippen LogP contribution in [0.4, 0.5) is 0 Å². The predicted molar refractivity (Wildman–Crippen MR) is 150 cm³/mol. The van der Waals surface area contributed by atoms with Gasteiger partial charge >= 0.3 is 0 Å². The molecule has 0 amide bonds. The maximum Gasteiger partial charge on any atom is 0.247 e. The summed E-state index contributed by atoms with van der Waals surface area (Å²) in [6.45, 7) is 9.92. The van der Waals surface area contributed by atoms with E-state index in [9.17, 15) is 10.2 Å². The van der Waals surface area contributed by atoms with Crippen LogP contribution in [0.2, 0.25) is 0 Å². The van der Waals surface area contributed by atoms with Crippen molar-refractivity contribution in [3.8, 4) is 5.88 Å². The molecular formula is C29H40N4O4S. The van der Waals surface area contributed by atoms with Crippen molar-refractivity contribution in [2.45, 2.75) is 68.1 Å². The molecule has 0 bridgehead atoms. The topological polar surface area (TPSA) is 100.0 Å². The lowest BCUT2D eigenvalue weighted by Gasteiger charge is -2.26. The Labute approximate surface area is 230 Å². The largest absolute Gasteiger partial charge is 0.473 e. The number of aliphatic hydroxyl groups excluding tert-OH is 2. The first-order valence-corrected chi connectivity index (χ1v) is 13.8. The van der Waals surface area contributed by atoms with Crippen molar-refractivity contribution in [3.05, 3.63) is 78.6 Å². The summed E-state index contributed by atoms with van der Waals surface area (Å²) in [4.78, 5) is 11.8. The lowest BCUT2D eigenvalue weighted by atomic mass is 10.1. The van der Waals surface area contributed by atoms with Crippen molar-refractivity contribution < 1.29 is 19.7 Å². The van der Waals surface area contributed by atoms with Gasteiger partial charge in [-0.3, -0.25) is 4.90 Å². The number of ether oxygens (including phenoxy) is 2. The van der Waals surface area contributed by atoms with Crippen molar-refractivity contribution in [2.24, 2.45) is 0 Å². The van der Waals surface area contributed by atoms with Gasteiger partial charge in [0.25, 0.3) is 0 Å². The zero-order valence-electron chi connectivity index (χ0n) is 22.6. The number of benzene rings is 2. The third-order valence-corrected chi connectivity index (χ3v) is 6.74. The third kappa shape index (κ3) is 9.65. The van der Waals surface area contributed by atoms with Crippen molar-refractivity contribution in [3.63, 3.8) is 0 Å². The van der Waals surface area contributed by atoms with E-state index in [-0.39, 0.29) is 25.5 Å². The van der Waals surface area contributed by atoms with Crippen molar-refractivity contribution in [2.75, 3.05) is 26.3 Å². The van der Waals surface area contributed by atoms with Crippen molar-refractivity contribution in [1.82, 2.24) is 20.2 Å². The number of nitrogens with zero attached hydrogens (tertiary/aromatic N) is 3. The second kappa shape index (κ2) is 15.8. The molecule has 3 atom stereocenters. The molecule has 3 aromatic rings. The Morgan fingerprint density at radius 1 is 1.03 bits per heavy atom. The van der Waals surface area contributed by atoms with Gasteiger partial charge in [0.2, 0.25) is 5.88 Å². The van der Waals surface area contributed by atoms with Gasteiger partial charge in [-0.2, -0.15) is 0 Å². The predicted octanol–water partition coefficient (Wildman–Crippen LogP) is 4.15. The Balaban J connectivity index is 0.000000221. The molecule has 1 aliphatic heterocycles. The first kappa shape index (κ1) is 30.0. The average Bonchev–Trinajstić information content (AvgIpc) is 3.38. The van der Waals surface area contributed by atoms with E-state index in [2.05, 4.69) is 46.2 Å². The monoisotopic (exact) mass is 540 g/mol. The van der Waals surface area contributed by atoms with Gasteiger partial charge in [-0.25, -0.2) is 9.97 Å². The van der Waals surface area contributed by atoms with Crippen LogP contribution in [0, 0.1) is 0 Å². The van der Waals surface area contributed by atoms with Gasteiger partial charge in [0.15, 0.2) is 5.03 Å². The van der Waals surface area contributed by atoms with E-state index in [1.165, 1.54) is 11.8 Å². The molecule has 1 saturated heterocycles. The number of rotatable bonds is 11. The van der Waals surface area contributed by atoms with E-state index in [0.717, 1.165) is 17.0 Å². The van der Waals surface area contributed by atoms with Crippen LogP contribution in [-0.2, 0) is 4.74 Å². The fourth-order valence-corrected chi connectivity index (χ4v) is 4.62. The molecule has 2 heterocycles. The molecule has 0 saturated carbocycles. The molecule has 3 N–H and O–H groups in total. The summed E-state index contributed by atoms with van der Waals surface area (Å²) in [5.74, 6) is 0.444. The van der Waals surface area contributed by atoms with Gasteiger partial charge in [-0.1, -0.05) is 74.1 Å². The molecule has 206 valence electrons. The molecule has 1 aromatic heterocycles. The zero-order chi connectivity index (χ0) is 27.3. The summed E-state index contributed by atoms with van der Waals surface area (Å²) in [7, 11) is 0. The lowest BCUT2D eigenvalue weighted by molar-refractivity contribution is -0.0266. The Morgan fingerprint density at radius 3 is 2.32 bits per heavy atom. The van der Waals surface area contributed by atoms with Gasteiger partial charge < -0.3 is 25.0 Å². The van der Waals surface area contributed by atoms with Gasteiger partial charge in [0, 0.05) is 42.5 Å². The molecule has 1 aliphatic rings. The summed E-state index contributed by atoms with van der Waals surface area (Å²) < 4.78 is 11.5. The highest BCUT2D eigenvalue weighted by molar-refractivity contribution is 7.99. The van der Waals surface area contributed by atoms with Crippen molar-refractivity contribution in [1.29, 1.82) is 0 Å². The Morgan fingerprint density at radius 2 is 1.68 bits per heavy atom. The average molecular weight is 541 g/mol. The molecule has 38 heavy (non-hydrogen) atoms. The van der Waals surface area contributed by atoms with Crippen LogP contribution >= 0.6 is 11.8 Å². The van der Waals surface area contributed by atoms with Crippen LogP contribution in [-0.4, -0.2) is 75.7 Å². The van der Waals surface area contributed by atoms with E-state index in [1.807, 2.05) is 62.4 Å². The summed E-state index contributed by atoms with van der Waals surface area (Å²) in [5.41, 5.74) is 1.16. The van der Waals surface area contributed by atoms with Crippen LogP contribution in [0.25, 0.3) is 0 Å². The fraction of sp³-hybridized carbons (Fsp3) is 0.448. The van der Waals surface area contributed by atoms with Crippen LogP contribution in [0.5, 0.6) is 5.88 Å². The maximum absolute atomic E-state index is 9.90. The molecule has 4 rings (SSSR count). The quantitative estimate of drug-likeness (QED) is 0.331. The second-order valence-corrected chi connectivity index (χ2v) is 10.7. The highest BCUT2D eigenvalue weighted by Crippen LogP contribution is 2.32. The third-order valence-electron chi connectivity index (χ3n) is 5.75. The summed E-state index contributed by atoms with van der Waals surface area (Å²) in [6.07, 6.45) is 2.56. The lowest BCUT2D eigenvalue weighted by Crippen LogP contribution is -2.35. The van der Waals surface area contributed by atoms with Gasteiger partial charge in [0.1, 0.15) is 18.9 Å². The Bertz CT molecular complexity index is 1060. The van der Waals surface area contributed by atoms with E-state index in [4.69, 9.17) is 9.47 Å². The molecule has 2 aromatic carbocycles. The summed E-state index contributed by atoms with van der Waals surface area (Å²) in [6, 6.07) is 20.8. The smallest absolute Gasteiger partial charge is 0.247 e. The van der Waals surface area contributed by atoms with E-state index < -0.39 is 6.10 Å². The normalized spacial score (nSPS) is 18.3. The minimum atomic E-state index is -0.584. The minimum Gasteiger partial charge on any atom is -0.473 e. The summed E-state index contributed by atoms with van der Waals surface area (Å²) >= 11 is 1.49. The van der Waals surface area contributed by atoms with Crippen molar-refractivity contribution >= 4 is 11.8 Å². The number of hydrogen-bond donors (Lipinski definition) is 3. The molecule has 1 fully saturated rings. The molecule has 3 unspecified atom stereocenters. The highest BCUT2D eigenvalue weighted by Gasteiger charge is 2.34. The van der Waals surface area contributed by atoms with Gasteiger partial charge in [0.05, 0.1) is 12.7 Å². The molecule has 0 spiro atoms. The SMILES string of the molecule is CC(C)N1CC(CO)OC1c1ccccc1.CC(C)NCC(O)COc1nccnc1Sc1ccccc1. The van der Waals surface area contributed by atoms with Crippen LogP contribution in [0.15, 0.2) is 83.0 Å². The molecule has 0 radical (unpaired) electrons. The molecule has 0 aliphatic carbocycles. The number of aromatic nitrogens is 2. The van der Waals surface area contributed by atoms with E-state index in [0.29, 0.717) is 29.5 Å². The molecular weight excluding hydrogens is 500 g/mol. The Hall–Kier alpha value is -2.53. The highest BCUT2D eigenvalue weighted by atomic mass is 32.2. The molecule has 8 nitrogen and oxygen atoms in total. The van der Waals surface area contributed by atoms with Crippen LogP contribution < -0.4 is 10.1 Å². The first-order chi connectivity index (χ1) is 18.4.